The summed E-state index contributed by atoms with van der Waals surface area (Å²) < 4.78 is 5.91. The fourth-order valence-corrected chi connectivity index (χ4v) is 3.28. The van der Waals surface area contributed by atoms with E-state index in [0.29, 0.717) is 6.04 Å². The van der Waals surface area contributed by atoms with E-state index in [2.05, 4.69) is 47.3 Å². The third-order valence-corrected chi connectivity index (χ3v) is 4.37. The maximum absolute atomic E-state index is 5.91. The van der Waals surface area contributed by atoms with Crippen LogP contribution in [0.3, 0.4) is 0 Å². The van der Waals surface area contributed by atoms with Crippen LogP contribution in [0.2, 0.25) is 0 Å². The minimum atomic E-state index is 0.400. The number of nitrogens with one attached hydrogen (secondary N) is 1. The van der Waals surface area contributed by atoms with Crippen LogP contribution in [0, 0.1) is 6.92 Å². The van der Waals surface area contributed by atoms with Crippen LogP contribution >= 0.6 is 11.3 Å². The third-order valence-electron chi connectivity index (χ3n) is 3.63. The molecule has 0 saturated heterocycles. The molecule has 0 fully saturated rings. The fraction of sp³-hybridized carbons (Fsp3) is 0.375. The van der Waals surface area contributed by atoms with E-state index < -0.39 is 0 Å². The zero-order valence-corrected chi connectivity index (χ0v) is 12.0. The number of rotatable bonds is 3. The van der Waals surface area contributed by atoms with Gasteiger partial charge in [0.2, 0.25) is 0 Å². The van der Waals surface area contributed by atoms with Crippen molar-refractivity contribution in [3.63, 3.8) is 0 Å². The highest BCUT2D eigenvalue weighted by Crippen LogP contribution is 2.34. The molecule has 0 bridgehead atoms. The predicted molar refractivity (Wildman–Crippen MR) is 79.8 cm³/mol. The second kappa shape index (κ2) is 5.76. The molecule has 2 aromatic rings. The summed E-state index contributed by atoms with van der Waals surface area (Å²) in [6.07, 6.45) is 2.25. The van der Waals surface area contributed by atoms with Crippen LogP contribution in [0.15, 0.2) is 35.0 Å². The van der Waals surface area contributed by atoms with E-state index >= 15 is 0 Å². The summed E-state index contributed by atoms with van der Waals surface area (Å²) in [5.41, 5.74) is 3.92. The Labute approximate surface area is 118 Å². The lowest BCUT2D eigenvalue weighted by atomic mass is 9.99. The summed E-state index contributed by atoms with van der Waals surface area (Å²) in [4.78, 5) is 0. The largest absolute Gasteiger partial charge is 0.493 e. The van der Waals surface area contributed by atoms with Crippen LogP contribution in [-0.2, 0) is 6.54 Å². The molecule has 1 atom stereocenters. The molecule has 1 aliphatic heterocycles. The molecule has 0 radical (unpaired) electrons. The Bertz CT molecular complexity index is 536. The molecule has 1 aromatic heterocycles. The van der Waals surface area contributed by atoms with E-state index in [1.807, 2.05) is 0 Å². The molecule has 1 aliphatic rings. The van der Waals surface area contributed by atoms with Crippen molar-refractivity contribution in [2.24, 2.45) is 0 Å². The van der Waals surface area contributed by atoms with Gasteiger partial charge in [0, 0.05) is 18.2 Å². The van der Waals surface area contributed by atoms with Crippen LogP contribution in [0.25, 0.3) is 0 Å². The SMILES string of the molecule is Cc1cccc2c1OCCCC2NCc1ccsc1. The molecule has 1 unspecified atom stereocenters. The van der Waals surface area contributed by atoms with Gasteiger partial charge in [-0.05, 0) is 47.7 Å². The molecular weight excluding hydrogens is 254 g/mol. The third kappa shape index (κ3) is 2.82. The summed E-state index contributed by atoms with van der Waals surface area (Å²) in [5, 5.41) is 8.01. The zero-order chi connectivity index (χ0) is 13.1. The number of aryl methyl sites for hydroxylation is 1. The van der Waals surface area contributed by atoms with Crippen LogP contribution in [0.5, 0.6) is 5.75 Å². The summed E-state index contributed by atoms with van der Waals surface area (Å²) >= 11 is 1.75. The monoisotopic (exact) mass is 273 g/mol. The normalized spacial score (nSPS) is 18.5. The van der Waals surface area contributed by atoms with Crippen molar-refractivity contribution >= 4 is 11.3 Å². The molecule has 0 amide bonds. The van der Waals surface area contributed by atoms with Gasteiger partial charge in [-0.25, -0.2) is 0 Å². The molecule has 2 nitrogen and oxygen atoms in total. The van der Waals surface area contributed by atoms with Gasteiger partial charge in [-0.15, -0.1) is 0 Å². The Hall–Kier alpha value is -1.32. The number of thiophene rings is 1. The van der Waals surface area contributed by atoms with Crippen molar-refractivity contribution in [1.29, 1.82) is 0 Å². The van der Waals surface area contributed by atoms with Gasteiger partial charge in [0.1, 0.15) is 5.75 Å². The van der Waals surface area contributed by atoms with Gasteiger partial charge in [0.15, 0.2) is 0 Å². The minimum Gasteiger partial charge on any atom is -0.493 e. The summed E-state index contributed by atoms with van der Waals surface area (Å²) in [6.45, 7) is 3.89. The fourth-order valence-electron chi connectivity index (χ4n) is 2.61. The standard InChI is InChI=1S/C16H19NOS/c1-12-4-2-5-14-15(6-3-8-18-16(12)14)17-10-13-7-9-19-11-13/h2,4-5,7,9,11,15,17H,3,6,8,10H2,1H3. The van der Waals surface area contributed by atoms with Crippen molar-refractivity contribution in [1.82, 2.24) is 5.32 Å². The first kappa shape index (κ1) is 12.7. The van der Waals surface area contributed by atoms with E-state index in [-0.39, 0.29) is 0 Å². The highest BCUT2D eigenvalue weighted by atomic mass is 32.1. The number of ether oxygens (including phenoxy) is 1. The molecule has 1 N–H and O–H groups in total. The van der Waals surface area contributed by atoms with Crippen LogP contribution < -0.4 is 10.1 Å². The quantitative estimate of drug-likeness (QED) is 0.910. The molecule has 1 aromatic carbocycles. The molecule has 19 heavy (non-hydrogen) atoms. The topological polar surface area (TPSA) is 21.3 Å². The highest BCUT2D eigenvalue weighted by Gasteiger charge is 2.20. The van der Waals surface area contributed by atoms with Crippen molar-refractivity contribution < 1.29 is 4.74 Å². The summed E-state index contributed by atoms with van der Waals surface area (Å²) in [5.74, 6) is 1.09. The van der Waals surface area contributed by atoms with E-state index in [0.717, 1.165) is 31.7 Å². The highest BCUT2D eigenvalue weighted by molar-refractivity contribution is 7.07. The van der Waals surface area contributed by atoms with Crippen LogP contribution in [0.1, 0.15) is 35.6 Å². The van der Waals surface area contributed by atoms with Crippen molar-refractivity contribution in [2.45, 2.75) is 32.4 Å². The zero-order valence-electron chi connectivity index (χ0n) is 11.2. The lowest BCUT2D eigenvalue weighted by Gasteiger charge is -2.19. The smallest absolute Gasteiger partial charge is 0.126 e. The van der Waals surface area contributed by atoms with Gasteiger partial charge in [-0.1, -0.05) is 18.2 Å². The molecule has 0 aliphatic carbocycles. The Balaban J connectivity index is 1.80. The van der Waals surface area contributed by atoms with Crippen molar-refractivity contribution in [2.75, 3.05) is 6.61 Å². The van der Waals surface area contributed by atoms with Gasteiger partial charge in [0.25, 0.3) is 0 Å². The van der Waals surface area contributed by atoms with E-state index in [1.54, 1.807) is 11.3 Å². The first-order valence-electron chi connectivity index (χ1n) is 6.81. The molecular formula is C16H19NOS. The molecule has 0 saturated carbocycles. The van der Waals surface area contributed by atoms with Crippen LogP contribution in [-0.4, -0.2) is 6.61 Å². The Morgan fingerprint density at radius 3 is 3.16 bits per heavy atom. The van der Waals surface area contributed by atoms with Gasteiger partial charge >= 0.3 is 0 Å². The summed E-state index contributed by atoms with van der Waals surface area (Å²) in [7, 11) is 0. The van der Waals surface area contributed by atoms with Gasteiger partial charge in [-0.3, -0.25) is 0 Å². The first-order chi connectivity index (χ1) is 9.34. The van der Waals surface area contributed by atoms with Crippen molar-refractivity contribution in [3.05, 3.63) is 51.7 Å². The van der Waals surface area contributed by atoms with Gasteiger partial charge in [-0.2, -0.15) is 11.3 Å². The van der Waals surface area contributed by atoms with Gasteiger partial charge in [0.05, 0.1) is 6.61 Å². The average Bonchev–Trinajstić information content (AvgIpc) is 2.84. The minimum absolute atomic E-state index is 0.400. The second-order valence-corrected chi connectivity index (χ2v) is 5.83. The number of benzene rings is 1. The number of fused-ring (bicyclic) bond motifs is 1. The predicted octanol–water partition coefficient (Wildman–Crippen LogP) is 4.06. The van der Waals surface area contributed by atoms with Gasteiger partial charge < -0.3 is 10.1 Å². The average molecular weight is 273 g/mol. The molecule has 100 valence electrons. The Morgan fingerprint density at radius 1 is 1.37 bits per heavy atom. The summed E-state index contributed by atoms with van der Waals surface area (Å²) in [6, 6.07) is 9.03. The molecule has 0 spiro atoms. The molecule has 2 heterocycles. The lowest BCUT2D eigenvalue weighted by Crippen LogP contribution is -2.20. The van der Waals surface area contributed by atoms with Crippen LogP contribution in [0.4, 0.5) is 0 Å². The number of para-hydroxylation sites is 1. The number of hydrogen-bond donors (Lipinski definition) is 1. The maximum atomic E-state index is 5.91. The van der Waals surface area contributed by atoms with E-state index in [9.17, 15) is 0 Å². The van der Waals surface area contributed by atoms with E-state index in [4.69, 9.17) is 4.74 Å². The lowest BCUT2D eigenvalue weighted by molar-refractivity contribution is 0.313. The molecule has 3 rings (SSSR count). The Morgan fingerprint density at radius 2 is 2.32 bits per heavy atom. The Kier molecular flexibility index (Phi) is 3.85. The second-order valence-electron chi connectivity index (χ2n) is 5.05. The van der Waals surface area contributed by atoms with E-state index in [1.165, 1.54) is 16.7 Å². The first-order valence-corrected chi connectivity index (χ1v) is 7.75. The van der Waals surface area contributed by atoms with Crippen molar-refractivity contribution in [3.8, 4) is 5.75 Å². The number of hydrogen-bond acceptors (Lipinski definition) is 3. The maximum Gasteiger partial charge on any atom is 0.126 e. The molecule has 3 heteroatoms.